The van der Waals surface area contributed by atoms with E-state index in [0.717, 1.165) is 5.69 Å². The van der Waals surface area contributed by atoms with E-state index in [1.807, 2.05) is 30.3 Å². The summed E-state index contributed by atoms with van der Waals surface area (Å²) in [5, 5.41) is 18.0. The van der Waals surface area contributed by atoms with E-state index < -0.39 is 18.2 Å². The maximum Gasteiger partial charge on any atom is 0.490 e. The van der Waals surface area contributed by atoms with Crippen molar-refractivity contribution in [1.82, 2.24) is 5.43 Å². The Morgan fingerprint density at radius 2 is 1.45 bits per heavy atom. The minimum atomic E-state index is -5.08. The largest absolute Gasteiger partial charge is 0.490 e. The van der Waals surface area contributed by atoms with E-state index in [9.17, 15) is 18.0 Å². The number of amidine groups is 1. The Labute approximate surface area is 240 Å². The molecule has 0 aliphatic carbocycles. The van der Waals surface area contributed by atoms with Crippen molar-refractivity contribution in [3.63, 3.8) is 0 Å². The number of ether oxygens (including phenoxy) is 2. The number of carbonyl (C=O) groups is 2. The fourth-order valence-corrected chi connectivity index (χ4v) is 3.18. The zero-order chi connectivity index (χ0) is 31.1. The lowest BCUT2D eigenvalue weighted by atomic mass is 10.0. The molecule has 0 aliphatic rings. The number of anilines is 2. The molecule has 0 saturated heterocycles. The number of para-hydroxylation sites is 1. The zero-order valence-corrected chi connectivity index (χ0v) is 22.3. The number of nitrogens with two attached hydrogens (primary N) is 1. The van der Waals surface area contributed by atoms with Crippen molar-refractivity contribution in [3.8, 4) is 11.5 Å². The molecule has 13 heteroatoms. The summed E-state index contributed by atoms with van der Waals surface area (Å²) in [5.74, 6) is -2.06. The number of hydrogen-bond donors (Lipinski definition) is 6. The number of nitrogens with one attached hydrogen (secondary N) is 4. The van der Waals surface area contributed by atoms with Crippen molar-refractivity contribution in [2.45, 2.75) is 12.2 Å². The summed E-state index contributed by atoms with van der Waals surface area (Å²) in [6.45, 7) is 7.97. The highest BCUT2D eigenvalue weighted by Crippen LogP contribution is 2.29. The van der Waals surface area contributed by atoms with Gasteiger partial charge in [-0.05, 0) is 54.1 Å². The third-order valence-electron chi connectivity index (χ3n) is 5.09. The lowest BCUT2D eigenvalue weighted by Gasteiger charge is -2.22. The van der Waals surface area contributed by atoms with Gasteiger partial charge in [0, 0.05) is 17.3 Å². The summed E-state index contributed by atoms with van der Waals surface area (Å²) in [6, 6.07) is 20.7. The molecule has 0 bridgehead atoms. The highest BCUT2D eigenvalue weighted by molar-refractivity contribution is 5.95. The van der Waals surface area contributed by atoms with E-state index in [2.05, 4.69) is 29.3 Å². The van der Waals surface area contributed by atoms with Gasteiger partial charge in [-0.15, -0.1) is 0 Å². The number of carbonyl (C=O) groups excluding carboxylic acids is 1. The number of rotatable bonds is 13. The standard InChI is InChI=1S/C27H29N5O3.C2HF3O2/c1-3-14-34-23-16-20(17-24(18-23)35-15-4-2)25(27(33)32-31-22-8-6-5-7-9-22)30-21-12-10-19(11-13-21)26(28)29;3-2(4,5)1(6)7/h3-13,16-18,25,30-31H,1-2,14-15H2,(H3,28,29)(H,32,33);(H,6,7). The van der Waals surface area contributed by atoms with Gasteiger partial charge in [0.25, 0.3) is 5.91 Å². The number of halogens is 3. The molecule has 222 valence electrons. The molecule has 3 aromatic rings. The maximum absolute atomic E-state index is 13.3. The van der Waals surface area contributed by atoms with E-state index >= 15 is 0 Å². The average Bonchev–Trinajstić information content (AvgIpc) is 2.97. The predicted octanol–water partition coefficient (Wildman–Crippen LogP) is 5.03. The molecular formula is C29H30F3N5O5. The van der Waals surface area contributed by atoms with Crippen LogP contribution in [-0.4, -0.2) is 42.2 Å². The molecule has 0 aliphatic heterocycles. The van der Waals surface area contributed by atoms with Crippen molar-refractivity contribution < 1.29 is 37.3 Å². The molecule has 0 radical (unpaired) electrons. The minimum Gasteiger partial charge on any atom is -0.489 e. The normalized spacial score (nSPS) is 11.0. The van der Waals surface area contributed by atoms with Gasteiger partial charge in [0.1, 0.15) is 36.6 Å². The maximum atomic E-state index is 13.3. The monoisotopic (exact) mass is 585 g/mol. The van der Waals surface area contributed by atoms with Crippen LogP contribution in [0.5, 0.6) is 11.5 Å². The summed E-state index contributed by atoms with van der Waals surface area (Å²) in [4.78, 5) is 22.2. The number of nitrogen functional groups attached to an aromatic ring is 1. The molecule has 0 fully saturated rings. The van der Waals surface area contributed by atoms with Gasteiger partial charge in [-0.2, -0.15) is 13.2 Å². The molecule has 0 heterocycles. The number of hydrogen-bond acceptors (Lipinski definition) is 7. The molecule has 42 heavy (non-hydrogen) atoms. The number of hydrazine groups is 1. The van der Waals surface area contributed by atoms with Crippen LogP contribution >= 0.6 is 0 Å². The first-order chi connectivity index (χ1) is 19.9. The van der Waals surface area contributed by atoms with Gasteiger partial charge in [-0.25, -0.2) is 4.79 Å². The third kappa shape index (κ3) is 11.0. The average molecular weight is 586 g/mol. The minimum absolute atomic E-state index is 0.0333. The predicted molar refractivity (Wildman–Crippen MR) is 154 cm³/mol. The van der Waals surface area contributed by atoms with Crippen LogP contribution in [0.3, 0.4) is 0 Å². The van der Waals surface area contributed by atoms with Crippen LogP contribution in [0, 0.1) is 5.41 Å². The molecule has 10 nitrogen and oxygen atoms in total. The summed E-state index contributed by atoms with van der Waals surface area (Å²) < 4.78 is 43.2. The smallest absolute Gasteiger partial charge is 0.489 e. The van der Waals surface area contributed by atoms with Gasteiger partial charge >= 0.3 is 12.1 Å². The van der Waals surface area contributed by atoms with E-state index in [4.69, 9.17) is 30.5 Å². The summed E-state index contributed by atoms with van der Waals surface area (Å²) in [6.07, 6.45) is -1.81. The van der Waals surface area contributed by atoms with Gasteiger partial charge in [0.05, 0.1) is 5.69 Å². The molecule has 7 N–H and O–H groups in total. The Morgan fingerprint density at radius 3 is 1.90 bits per heavy atom. The molecule has 1 atom stereocenters. The number of alkyl halides is 3. The van der Waals surface area contributed by atoms with Crippen LogP contribution < -0.4 is 31.4 Å². The topological polar surface area (TPSA) is 159 Å². The Balaban J connectivity index is 0.000000782. The van der Waals surface area contributed by atoms with Crippen molar-refractivity contribution in [2.24, 2.45) is 5.73 Å². The van der Waals surface area contributed by atoms with Gasteiger partial charge in [-0.1, -0.05) is 43.5 Å². The summed E-state index contributed by atoms with van der Waals surface area (Å²) in [7, 11) is 0. The summed E-state index contributed by atoms with van der Waals surface area (Å²) in [5.41, 5.74) is 13.9. The molecular weight excluding hydrogens is 555 g/mol. The second-order valence-corrected chi connectivity index (χ2v) is 8.29. The molecule has 0 spiro atoms. The highest BCUT2D eigenvalue weighted by Gasteiger charge is 2.38. The lowest BCUT2D eigenvalue weighted by Crippen LogP contribution is -2.37. The Hall–Kier alpha value is -5.46. The second-order valence-electron chi connectivity index (χ2n) is 8.29. The Morgan fingerprint density at radius 1 is 0.929 bits per heavy atom. The number of carboxylic acid groups (broad SMARTS) is 1. The van der Waals surface area contributed by atoms with Crippen LogP contribution in [0.1, 0.15) is 17.2 Å². The van der Waals surface area contributed by atoms with Crippen LogP contribution in [0.4, 0.5) is 24.5 Å². The lowest BCUT2D eigenvalue weighted by molar-refractivity contribution is -0.192. The van der Waals surface area contributed by atoms with E-state index in [1.54, 1.807) is 54.6 Å². The quantitative estimate of drug-likeness (QED) is 0.0705. The number of benzene rings is 3. The van der Waals surface area contributed by atoms with Crippen molar-refractivity contribution in [1.29, 1.82) is 5.41 Å². The SMILES string of the molecule is C=CCOc1cc(OCC=C)cc(C(Nc2ccc(C(=N)N)cc2)C(=O)NNc2ccccc2)c1.O=C(O)C(F)(F)F. The molecule has 0 aromatic heterocycles. The van der Waals surface area contributed by atoms with E-state index in [0.29, 0.717) is 41.5 Å². The van der Waals surface area contributed by atoms with E-state index in [1.165, 1.54) is 0 Å². The molecule has 1 amide bonds. The van der Waals surface area contributed by atoms with Crippen LogP contribution in [0.25, 0.3) is 0 Å². The molecule has 3 rings (SSSR count). The zero-order valence-electron chi connectivity index (χ0n) is 22.3. The molecule has 3 aromatic carbocycles. The van der Waals surface area contributed by atoms with Gasteiger partial charge in [-0.3, -0.25) is 21.1 Å². The van der Waals surface area contributed by atoms with E-state index in [-0.39, 0.29) is 11.7 Å². The fraction of sp³-hybridized carbons (Fsp3) is 0.138. The van der Waals surface area contributed by atoms with Crippen molar-refractivity contribution in [2.75, 3.05) is 24.0 Å². The first-order valence-electron chi connectivity index (χ1n) is 12.2. The fourth-order valence-electron chi connectivity index (χ4n) is 3.18. The van der Waals surface area contributed by atoms with Crippen molar-refractivity contribution in [3.05, 3.63) is 109 Å². The van der Waals surface area contributed by atoms with Gasteiger partial charge < -0.3 is 25.6 Å². The van der Waals surface area contributed by atoms with Gasteiger partial charge in [0.15, 0.2) is 0 Å². The van der Waals surface area contributed by atoms with Crippen LogP contribution in [0.15, 0.2) is 98.1 Å². The Bertz CT molecular complexity index is 1340. The number of aliphatic carboxylic acids is 1. The van der Waals surface area contributed by atoms with Crippen molar-refractivity contribution >= 4 is 29.1 Å². The third-order valence-corrected chi connectivity index (χ3v) is 5.09. The highest BCUT2D eigenvalue weighted by atomic mass is 19.4. The van der Waals surface area contributed by atoms with Gasteiger partial charge in [0.2, 0.25) is 0 Å². The van der Waals surface area contributed by atoms with Crippen LogP contribution in [0.2, 0.25) is 0 Å². The first-order valence-corrected chi connectivity index (χ1v) is 12.2. The molecule has 1 unspecified atom stereocenters. The number of carboxylic acids is 1. The first kappa shape index (κ1) is 32.8. The second kappa shape index (κ2) is 16.0. The molecule has 0 saturated carbocycles. The number of amides is 1. The summed E-state index contributed by atoms with van der Waals surface area (Å²) >= 11 is 0. The van der Waals surface area contributed by atoms with Crippen LogP contribution in [-0.2, 0) is 9.59 Å². The Kier molecular flexibility index (Phi) is 12.4.